The van der Waals surface area contributed by atoms with Crippen LogP contribution in [-0.4, -0.2) is 19.1 Å². The van der Waals surface area contributed by atoms with Crippen LogP contribution in [0.5, 0.6) is 0 Å². The van der Waals surface area contributed by atoms with Crippen LogP contribution in [0.4, 0.5) is 34.4 Å². The minimum Gasteiger partial charge on any atom is -0.313 e. The number of para-hydroxylation sites is 5. The number of hydrogen-bond donors (Lipinski definition) is 0. The smallest absolute Gasteiger partial charge is 0.163 e. The van der Waals surface area contributed by atoms with Gasteiger partial charge >= 0.3 is 0 Å². The summed E-state index contributed by atoms with van der Waals surface area (Å²) < 4.78 is 4.71. The first kappa shape index (κ1) is 40.1. The van der Waals surface area contributed by atoms with Gasteiger partial charge in [0.15, 0.2) is 5.82 Å². The molecule has 6 heteroatoms. The summed E-state index contributed by atoms with van der Waals surface area (Å²) in [6.07, 6.45) is 7.09. The van der Waals surface area contributed by atoms with Gasteiger partial charge in [0, 0.05) is 79.6 Å². The highest BCUT2D eigenvalue weighted by Gasteiger charge is 2.23. The molecular weight excluding hydrogens is 805 g/mol. The van der Waals surface area contributed by atoms with Crippen molar-refractivity contribution >= 4 is 73.2 Å². The molecule has 0 saturated heterocycles. The third-order valence-corrected chi connectivity index (χ3v) is 12.3. The SMILES string of the molecule is C=Cc1c(C/C=C\C)n(-c2ccc(N(c3ccccc3)c3cc(N(c4ccccc4)c4ccc(-n5c6ccccc6c6ccccc65)cc4)nc(-c4ccccc4)n3)cc2)c2ccccc12. The molecule has 316 valence electrons. The molecule has 66 heavy (non-hydrogen) atoms. The van der Waals surface area contributed by atoms with Crippen LogP contribution in [0, 0.1) is 0 Å². The van der Waals surface area contributed by atoms with Crippen LogP contribution < -0.4 is 9.80 Å². The first-order valence-electron chi connectivity index (χ1n) is 22.4. The van der Waals surface area contributed by atoms with E-state index in [1.165, 1.54) is 32.9 Å². The van der Waals surface area contributed by atoms with Crippen molar-refractivity contribution < 1.29 is 0 Å². The number of benzene rings is 8. The van der Waals surface area contributed by atoms with Crippen LogP contribution in [0.3, 0.4) is 0 Å². The van der Waals surface area contributed by atoms with Crippen LogP contribution in [0.15, 0.2) is 237 Å². The lowest BCUT2D eigenvalue weighted by Gasteiger charge is -2.29. The van der Waals surface area contributed by atoms with Gasteiger partial charge in [-0.15, -0.1) is 0 Å². The van der Waals surface area contributed by atoms with Crippen LogP contribution in [0.25, 0.3) is 61.5 Å². The van der Waals surface area contributed by atoms with E-state index in [1.807, 2.05) is 36.4 Å². The van der Waals surface area contributed by atoms with Crippen molar-refractivity contribution in [1.29, 1.82) is 0 Å². The molecule has 0 N–H and O–H groups in total. The van der Waals surface area contributed by atoms with Gasteiger partial charge in [-0.2, -0.15) is 0 Å². The predicted octanol–water partition coefficient (Wildman–Crippen LogP) is 15.9. The zero-order valence-corrected chi connectivity index (χ0v) is 36.6. The minimum absolute atomic E-state index is 0.618. The van der Waals surface area contributed by atoms with E-state index in [9.17, 15) is 0 Å². The summed E-state index contributed by atoms with van der Waals surface area (Å²) in [5.41, 5.74) is 12.8. The Morgan fingerprint density at radius 3 is 1.35 bits per heavy atom. The van der Waals surface area contributed by atoms with Crippen molar-refractivity contribution in [2.24, 2.45) is 0 Å². The normalized spacial score (nSPS) is 11.5. The zero-order chi connectivity index (χ0) is 44.4. The van der Waals surface area contributed by atoms with Gasteiger partial charge in [-0.05, 0) is 97.9 Å². The summed E-state index contributed by atoms with van der Waals surface area (Å²) in [7, 11) is 0. The van der Waals surface area contributed by atoms with Crippen molar-refractivity contribution in [3.05, 3.63) is 248 Å². The lowest BCUT2D eigenvalue weighted by Crippen LogP contribution is -2.17. The van der Waals surface area contributed by atoms with Gasteiger partial charge in [0.25, 0.3) is 0 Å². The Morgan fingerprint density at radius 2 is 0.864 bits per heavy atom. The van der Waals surface area contributed by atoms with Crippen LogP contribution in [-0.2, 0) is 6.42 Å². The number of aromatic nitrogens is 4. The fourth-order valence-corrected chi connectivity index (χ4v) is 9.32. The van der Waals surface area contributed by atoms with E-state index in [2.05, 4.69) is 233 Å². The fourth-order valence-electron chi connectivity index (χ4n) is 9.32. The van der Waals surface area contributed by atoms with E-state index >= 15 is 0 Å². The van der Waals surface area contributed by atoms with E-state index in [4.69, 9.17) is 9.97 Å². The van der Waals surface area contributed by atoms with Gasteiger partial charge in [0.05, 0.1) is 16.6 Å². The van der Waals surface area contributed by atoms with Gasteiger partial charge in [0.1, 0.15) is 11.6 Å². The van der Waals surface area contributed by atoms with E-state index < -0.39 is 0 Å². The summed E-state index contributed by atoms with van der Waals surface area (Å²) in [5, 5.41) is 3.65. The highest BCUT2D eigenvalue weighted by molar-refractivity contribution is 6.09. The second kappa shape index (κ2) is 17.4. The van der Waals surface area contributed by atoms with E-state index in [0.29, 0.717) is 5.82 Å². The molecule has 0 bridgehead atoms. The largest absolute Gasteiger partial charge is 0.313 e. The molecule has 0 aliphatic rings. The lowest BCUT2D eigenvalue weighted by molar-refractivity contribution is 0.999. The standard InChI is InChI=1S/C60H46N6/c1-3-5-30-54-50(4-2)51-27-15-18-31-55(51)65(54)48-38-34-46(35-39-48)63(44-23-11-7-12-24-44)58-42-59(62-60(61-58)43-21-9-6-10-22-43)64(45-25-13-8-14-26-45)47-36-40-49(41-37-47)66-56-32-19-16-28-52(56)53-29-17-20-33-57(53)66/h3-29,31-42H,2,30H2,1H3/b5-3-. The Balaban J connectivity index is 1.07. The molecule has 0 saturated carbocycles. The second-order valence-electron chi connectivity index (χ2n) is 16.2. The zero-order valence-electron chi connectivity index (χ0n) is 36.6. The Morgan fingerprint density at radius 1 is 0.455 bits per heavy atom. The first-order valence-corrected chi connectivity index (χ1v) is 22.4. The molecule has 0 spiro atoms. The van der Waals surface area contributed by atoms with Crippen molar-refractivity contribution in [3.8, 4) is 22.8 Å². The maximum Gasteiger partial charge on any atom is 0.163 e. The average Bonchev–Trinajstić information content (AvgIpc) is 3.89. The Labute approximate surface area is 384 Å². The highest BCUT2D eigenvalue weighted by atomic mass is 15.3. The Kier molecular flexibility index (Phi) is 10.6. The molecule has 0 unspecified atom stereocenters. The van der Waals surface area contributed by atoms with Crippen molar-refractivity contribution in [3.63, 3.8) is 0 Å². The second-order valence-corrected chi connectivity index (χ2v) is 16.2. The summed E-state index contributed by atoms with van der Waals surface area (Å²) in [6, 6.07) is 76.7. The van der Waals surface area contributed by atoms with Crippen LogP contribution in [0.2, 0.25) is 0 Å². The van der Waals surface area contributed by atoms with Crippen molar-refractivity contribution in [1.82, 2.24) is 19.1 Å². The molecule has 0 aliphatic heterocycles. The number of rotatable bonds is 12. The molecule has 11 aromatic rings. The quantitative estimate of drug-likeness (QED) is 0.115. The van der Waals surface area contributed by atoms with Crippen molar-refractivity contribution in [2.75, 3.05) is 9.80 Å². The number of fused-ring (bicyclic) bond motifs is 4. The third kappa shape index (κ3) is 7.21. The van der Waals surface area contributed by atoms with E-state index in [0.717, 1.165) is 68.8 Å². The minimum atomic E-state index is 0.618. The molecule has 0 aliphatic carbocycles. The summed E-state index contributed by atoms with van der Waals surface area (Å²) in [6.45, 7) is 6.29. The lowest BCUT2D eigenvalue weighted by atomic mass is 10.1. The fraction of sp³-hybridized carbons (Fsp3) is 0.0333. The topological polar surface area (TPSA) is 42.1 Å². The van der Waals surface area contributed by atoms with E-state index in [-0.39, 0.29) is 0 Å². The van der Waals surface area contributed by atoms with Gasteiger partial charge < -0.3 is 9.13 Å². The van der Waals surface area contributed by atoms with Gasteiger partial charge in [-0.25, -0.2) is 9.97 Å². The summed E-state index contributed by atoms with van der Waals surface area (Å²) in [5.74, 6) is 2.08. The van der Waals surface area contributed by atoms with Gasteiger partial charge in [-0.1, -0.05) is 146 Å². The Hall–Kier alpha value is -8.74. The molecule has 8 aromatic carbocycles. The third-order valence-electron chi connectivity index (χ3n) is 12.3. The molecule has 3 aromatic heterocycles. The maximum absolute atomic E-state index is 5.38. The molecule has 0 amide bonds. The molecule has 0 atom stereocenters. The number of hydrogen-bond acceptors (Lipinski definition) is 4. The van der Waals surface area contributed by atoms with Gasteiger partial charge in [0.2, 0.25) is 0 Å². The number of nitrogens with zero attached hydrogens (tertiary/aromatic N) is 6. The highest BCUT2D eigenvalue weighted by Crippen LogP contribution is 2.42. The maximum atomic E-state index is 5.38. The monoisotopic (exact) mass is 850 g/mol. The molecular formula is C60H46N6. The average molecular weight is 851 g/mol. The van der Waals surface area contributed by atoms with Crippen LogP contribution >= 0.6 is 0 Å². The molecule has 3 heterocycles. The predicted molar refractivity (Wildman–Crippen MR) is 277 cm³/mol. The first-order chi connectivity index (χ1) is 32.7. The Bertz CT molecular complexity index is 3460. The summed E-state index contributed by atoms with van der Waals surface area (Å²) in [4.78, 5) is 15.2. The van der Waals surface area contributed by atoms with Crippen LogP contribution in [0.1, 0.15) is 18.2 Å². The molecule has 6 nitrogen and oxygen atoms in total. The van der Waals surface area contributed by atoms with Crippen molar-refractivity contribution in [2.45, 2.75) is 13.3 Å². The van der Waals surface area contributed by atoms with E-state index in [1.54, 1.807) is 0 Å². The molecule has 0 fully saturated rings. The number of allylic oxidation sites excluding steroid dienone is 2. The molecule has 11 rings (SSSR count). The number of anilines is 6. The van der Waals surface area contributed by atoms with Gasteiger partial charge in [-0.3, -0.25) is 9.80 Å². The molecule has 0 radical (unpaired) electrons. The summed E-state index contributed by atoms with van der Waals surface area (Å²) >= 11 is 0.